The van der Waals surface area contributed by atoms with Crippen molar-refractivity contribution in [3.63, 3.8) is 0 Å². The van der Waals surface area contributed by atoms with Crippen molar-refractivity contribution in [2.75, 3.05) is 14.2 Å². The molecule has 3 heteroatoms. The maximum absolute atomic E-state index is 5.39. The van der Waals surface area contributed by atoms with Crippen molar-refractivity contribution >= 4 is 11.8 Å². The fourth-order valence-corrected chi connectivity index (χ4v) is 2.95. The van der Waals surface area contributed by atoms with Crippen LogP contribution >= 0.6 is 11.8 Å². The van der Waals surface area contributed by atoms with Gasteiger partial charge in [-0.05, 0) is 43.3 Å². The van der Waals surface area contributed by atoms with Crippen molar-refractivity contribution in [3.05, 3.63) is 53.6 Å². The molecule has 0 bridgehead atoms. The van der Waals surface area contributed by atoms with Gasteiger partial charge in [0, 0.05) is 11.4 Å². The van der Waals surface area contributed by atoms with E-state index < -0.39 is 0 Å². The lowest BCUT2D eigenvalue weighted by Gasteiger charge is -2.11. The molecule has 0 atom stereocenters. The van der Waals surface area contributed by atoms with Crippen molar-refractivity contribution < 1.29 is 4.74 Å². The number of para-hydroxylation sites is 1. The summed E-state index contributed by atoms with van der Waals surface area (Å²) < 4.78 is 5.39. The summed E-state index contributed by atoms with van der Waals surface area (Å²) in [5, 5.41) is 3.17. The average Bonchev–Trinajstić information content (AvgIpc) is 2.43. The van der Waals surface area contributed by atoms with Crippen molar-refractivity contribution in [3.8, 4) is 5.75 Å². The first-order valence-electron chi connectivity index (χ1n) is 6.29. The average molecular weight is 273 g/mol. The first kappa shape index (κ1) is 14.0. The van der Waals surface area contributed by atoms with E-state index in [1.54, 1.807) is 18.9 Å². The summed E-state index contributed by atoms with van der Waals surface area (Å²) in [5.41, 5.74) is 2.60. The fraction of sp³-hybridized carbons (Fsp3) is 0.250. The van der Waals surface area contributed by atoms with Gasteiger partial charge in [-0.2, -0.15) is 0 Å². The van der Waals surface area contributed by atoms with E-state index in [4.69, 9.17) is 4.74 Å². The van der Waals surface area contributed by atoms with Crippen LogP contribution in [0.4, 0.5) is 0 Å². The third-order valence-corrected chi connectivity index (χ3v) is 4.14. The summed E-state index contributed by atoms with van der Waals surface area (Å²) in [6, 6.07) is 14.7. The zero-order chi connectivity index (χ0) is 13.7. The third kappa shape index (κ3) is 3.52. The Labute approximate surface area is 119 Å². The van der Waals surface area contributed by atoms with Gasteiger partial charge in [0.15, 0.2) is 0 Å². The zero-order valence-corrected chi connectivity index (χ0v) is 12.4. The molecule has 0 saturated carbocycles. The van der Waals surface area contributed by atoms with E-state index in [0.717, 1.165) is 17.2 Å². The molecule has 2 nitrogen and oxygen atoms in total. The van der Waals surface area contributed by atoms with Crippen LogP contribution in [0.5, 0.6) is 5.75 Å². The van der Waals surface area contributed by atoms with Crippen LogP contribution < -0.4 is 10.1 Å². The van der Waals surface area contributed by atoms with E-state index in [1.807, 2.05) is 25.2 Å². The van der Waals surface area contributed by atoms with Crippen LogP contribution in [0, 0.1) is 6.92 Å². The second-order valence-corrected chi connectivity index (χ2v) is 5.47. The molecule has 0 aliphatic heterocycles. The van der Waals surface area contributed by atoms with E-state index >= 15 is 0 Å². The molecule has 0 saturated heterocycles. The minimum Gasteiger partial charge on any atom is -0.496 e. The van der Waals surface area contributed by atoms with Crippen LogP contribution in [0.1, 0.15) is 11.1 Å². The van der Waals surface area contributed by atoms with Gasteiger partial charge in [0.05, 0.1) is 12.0 Å². The largest absolute Gasteiger partial charge is 0.496 e. The molecule has 2 aromatic rings. The smallest absolute Gasteiger partial charge is 0.132 e. The Kier molecular flexibility index (Phi) is 4.88. The van der Waals surface area contributed by atoms with Crippen LogP contribution in [0.2, 0.25) is 0 Å². The molecule has 0 aliphatic carbocycles. The summed E-state index contributed by atoms with van der Waals surface area (Å²) >= 11 is 1.75. The zero-order valence-electron chi connectivity index (χ0n) is 11.6. The molecule has 0 unspecified atom stereocenters. The lowest BCUT2D eigenvalue weighted by Crippen LogP contribution is -2.05. The lowest BCUT2D eigenvalue weighted by atomic mass is 10.1. The second-order valence-electron chi connectivity index (χ2n) is 4.38. The first-order valence-corrected chi connectivity index (χ1v) is 7.11. The topological polar surface area (TPSA) is 21.3 Å². The third-order valence-electron chi connectivity index (χ3n) is 2.91. The van der Waals surface area contributed by atoms with Gasteiger partial charge in [-0.3, -0.25) is 0 Å². The molecular weight excluding hydrogens is 254 g/mol. The minimum atomic E-state index is 0.903. The van der Waals surface area contributed by atoms with Crippen LogP contribution in [0.25, 0.3) is 0 Å². The SMILES string of the molecule is CNCc1ccc(Sc2ccccc2OC)c(C)c1. The monoisotopic (exact) mass is 273 g/mol. The minimum absolute atomic E-state index is 0.903. The number of aryl methyl sites for hydroxylation is 1. The van der Waals surface area contributed by atoms with Crippen LogP contribution in [-0.4, -0.2) is 14.2 Å². The number of nitrogens with one attached hydrogen (secondary N) is 1. The molecule has 0 heterocycles. The van der Waals surface area contributed by atoms with Crippen LogP contribution in [0.3, 0.4) is 0 Å². The highest BCUT2D eigenvalue weighted by atomic mass is 32.2. The molecule has 2 rings (SSSR count). The summed E-state index contributed by atoms with van der Waals surface area (Å²) in [5.74, 6) is 0.922. The maximum atomic E-state index is 5.39. The Morgan fingerprint density at radius 3 is 2.58 bits per heavy atom. The molecule has 0 aromatic heterocycles. The summed E-state index contributed by atoms with van der Waals surface area (Å²) in [7, 11) is 3.68. The van der Waals surface area contributed by atoms with Crippen molar-refractivity contribution in [2.45, 2.75) is 23.3 Å². The number of ether oxygens (including phenoxy) is 1. The normalized spacial score (nSPS) is 10.5. The van der Waals surface area contributed by atoms with E-state index in [1.165, 1.54) is 16.0 Å². The Bertz CT molecular complexity index is 554. The van der Waals surface area contributed by atoms with Gasteiger partial charge in [0.25, 0.3) is 0 Å². The molecule has 0 radical (unpaired) electrons. The van der Waals surface area contributed by atoms with Gasteiger partial charge in [-0.1, -0.05) is 36.0 Å². The second kappa shape index (κ2) is 6.64. The highest BCUT2D eigenvalue weighted by Gasteiger charge is 2.06. The Balaban J connectivity index is 2.23. The molecule has 100 valence electrons. The van der Waals surface area contributed by atoms with Gasteiger partial charge in [-0.15, -0.1) is 0 Å². The van der Waals surface area contributed by atoms with E-state index in [0.29, 0.717) is 0 Å². The van der Waals surface area contributed by atoms with Crippen molar-refractivity contribution in [2.24, 2.45) is 0 Å². The number of rotatable bonds is 5. The van der Waals surface area contributed by atoms with Crippen molar-refractivity contribution in [1.82, 2.24) is 5.32 Å². The predicted molar refractivity (Wildman–Crippen MR) is 81.1 cm³/mol. The summed E-state index contributed by atoms with van der Waals surface area (Å²) in [6.07, 6.45) is 0. The van der Waals surface area contributed by atoms with E-state index in [2.05, 4.69) is 36.5 Å². The Morgan fingerprint density at radius 2 is 1.89 bits per heavy atom. The van der Waals surface area contributed by atoms with Gasteiger partial charge in [0.2, 0.25) is 0 Å². The van der Waals surface area contributed by atoms with E-state index in [-0.39, 0.29) is 0 Å². The molecule has 0 fully saturated rings. The molecule has 0 aliphatic rings. The standard InChI is InChI=1S/C16H19NOS/c1-12-10-13(11-17-2)8-9-15(12)19-16-7-5-4-6-14(16)18-3/h4-10,17H,11H2,1-3H3. The van der Waals surface area contributed by atoms with Crippen LogP contribution in [-0.2, 0) is 6.54 Å². The quantitative estimate of drug-likeness (QED) is 0.893. The van der Waals surface area contributed by atoms with Crippen LogP contribution in [0.15, 0.2) is 52.3 Å². The molecule has 19 heavy (non-hydrogen) atoms. The number of hydrogen-bond donors (Lipinski definition) is 1. The van der Waals surface area contributed by atoms with Gasteiger partial charge in [0.1, 0.15) is 5.75 Å². The Morgan fingerprint density at radius 1 is 1.11 bits per heavy atom. The van der Waals surface area contributed by atoms with Gasteiger partial charge in [-0.25, -0.2) is 0 Å². The molecular formula is C16H19NOS. The molecule has 1 N–H and O–H groups in total. The number of methoxy groups -OCH3 is 1. The van der Waals surface area contributed by atoms with Gasteiger partial charge < -0.3 is 10.1 Å². The van der Waals surface area contributed by atoms with E-state index in [9.17, 15) is 0 Å². The maximum Gasteiger partial charge on any atom is 0.132 e. The lowest BCUT2D eigenvalue weighted by molar-refractivity contribution is 0.405. The summed E-state index contributed by atoms with van der Waals surface area (Å²) in [6.45, 7) is 3.05. The highest BCUT2D eigenvalue weighted by molar-refractivity contribution is 7.99. The molecule has 2 aromatic carbocycles. The number of benzene rings is 2. The molecule has 0 amide bonds. The fourth-order valence-electron chi connectivity index (χ4n) is 1.96. The summed E-state index contributed by atoms with van der Waals surface area (Å²) in [4.78, 5) is 2.42. The number of hydrogen-bond acceptors (Lipinski definition) is 3. The van der Waals surface area contributed by atoms with Gasteiger partial charge >= 0.3 is 0 Å². The first-order chi connectivity index (χ1) is 9.24. The predicted octanol–water partition coefficient (Wildman–Crippen LogP) is 3.87. The highest BCUT2D eigenvalue weighted by Crippen LogP contribution is 2.36. The Hall–Kier alpha value is -1.45. The van der Waals surface area contributed by atoms with Crippen molar-refractivity contribution in [1.29, 1.82) is 0 Å². The molecule has 0 spiro atoms.